The van der Waals surface area contributed by atoms with Crippen molar-refractivity contribution in [1.29, 1.82) is 0 Å². The van der Waals surface area contributed by atoms with Crippen molar-refractivity contribution in [3.05, 3.63) is 55.0 Å². The van der Waals surface area contributed by atoms with Crippen LogP contribution in [0.1, 0.15) is 19.3 Å². The zero-order valence-electron chi connectivity index (χ0n) is 15.8. The van der Waals surface area contributed by atoms with E-state index >= 15 is 0 Å². The van der Waals surface area contributed by atoms with Gasteiger partial charge in [0.15, 0.2) is 11.5 Å². The van der Waals surface area contributed by atoms with Crippen LogP contribution in [0.4, 0.5) is 10.5 Å². The summed E-state index contributed by atoms with van der Waals surface area (Å²) in [5.74, 6) is 1.22. The quantitative estimate of drug-likeness (QED) is 0.523. The van der Waals surface area contributed by atoms with Gasteiger partial charge in [0.05, 0.1) is 23.6 Å². The van der Waals surface area contributed by atoms with E-state index in [1.807, 2.05) is 47.4 Å². The van der Waals surface area contributed by atoms with E-state index in [4.69, 9.17) is 18.8 Å². The first kappa shape index (κ1) is 17.5. The summed E-state index contributed by atoms with van der Waals surface area (Å²) >= 11 is 0. The van der Waals surface area contributed by atoms with Crippen LogP contribution >= 0.6 is 0 Å². The molecule has 0 radical (unpaired) electrons. The number of urea groups is 1. The Morgan fingerprint density at radius 2 is 1.52 bits per heavy atom. The van der Waals surface area contributed by atoms with Crippen LogP contribution in [0.25, 0.3) is 33.9 Å². The normalized spacial score (nSPS) is 14.3. The summed E-state index contributed by atoms with van der Waals surface area (Å²) < 4.78 is 11.1. The fourth-order valence-corrected chi connectivity index (χ4v) is 3.60. The molecule has 0 spiro atoms. The van der Waals surface area contributed by atoms with Gasteiger partial charge in [0.2, 0.25) is 0 Å². The Morgan fingerprint density at radius 1 is 0.862 bits per heavy atom. The highest BCUT2D eigenvalue weighted by Gasteiger charge is 2.19. The molecule has 5 rings (SSSR count). The van der Waals surface area contributed by atoms with Gasteiger partial charge in [-0.15, -0.1) is 0 Å². The molecule has 3 aromatic heterocycles. The Hall–Kier alpha value is -3.61. The number of amides is 2. The van der Waals surface area contributed by atoms with E-state index in [0.717, 1.165) is 25.9 Å². The van der Waals surface area contributed by atoms with Crippen molar-refractivity contribution in [2.45, 2.75) is 19.3 Å². The van der Waals surface area contributed by atoms with Crippen molar-refractivity contribution in [3.63, 3.8) is 0 Å². The molecule has 1 saturated heterocycles. The predicted octanol–water partition coefficient (Wildman–Crippen LogP) is 5.17. The molecule has 2 amide bonds. The van der Waals surface area contributed by atoms with Crippen LogP contribution in [0.3, 0.4) is 0 Å². The lowest BCUT2D eigenvalue weighted by Gasteiger charge is -2.26. The molecular formula is C22H20N4O3. The number of likely N-dealkylation sites (tertiary alicyclic amines) is 1. The van der Waals surface area contributed by atoms with Gasteiger partial charge in [-0.3, -0.25) is 0 Å². The number of rotatable bonds is 3. The molecule has 1 aromatic carbocycles. The van der Waals surface area contributed by atoms with Gasteiger partial charge in [0, 0.05) is 18.8 Å². The number of nitrogens with zero attached hydrogens (tertiary/aromatic N) is 3. The number of anilines is 1. The van der Waals surface area contributed by atoms with Crippen LogP contribution in [0.2, 0.25) is 0 Å². The highest BCUT2D eigenvalue weighted by molar-refractivity contribution is 5.93. The Labute approximate surface area is 167 Å². The van der Waals surface area contributed by atoms with E-state index in [9.17, 15) is 4.79 Å². The van der Waals surface area contributed by atoms with Gasteiger partial charge < -0.3 is 19.1 Å². The number of nitrogens with one attached hydrogen (secondary N) is 1. The van der Waals surface area contributed by atoms with Gasteiger partial charge >= 0.3 is 6.03 Å². The van der Waals surface area contributed by atoms with Crippen molar-refractivity contribution < 1.29 is 13.6 Å². The molecule has 4 heterocycles. The smallest absolute Gasteiger partial charge is 0.321 e. The number of fused-ring (bicyclic) bond motifs is 1. The minimum atomic E-state index is -0.0736. The van der Waals surface area contributed by atoms with E-state index in [-0.39, 0.29) is 6.03 Å². The third-order valence-electron chi connectivity index (χ3n) is 5.07. The Bertz CT molecular complexity index is 1130. The first-order valence-corrected chi connectivity index (χ1v) is 9.73. The summed E-state index contributed by atoms with van der Waals surface area (Å²) in [7, 11) is 0. The Morgan fingerprint density at radius 3 is 2.14 bits per heavy atom. The average Bonchev–Trinajstić information content (AvgIpc) is 3.47. The number of benzene rings is 1. The third-order valence-corrected chi connectivity index (χ3v) is 5.07. The highest BCUT2D eigenvalue weighted by atomic mass is 16.3. The molecule has 1 aliphatic rings. The van der Waals surface area contributed by atoms with Crippen LogP contribution < -0.4 is 5.32 Å². The molecule has 4 aromatic rings. The molecule has 1 aliphatic heterocycles. The second kappa shape index (κ2) is 7.43. The molecule has 0 unspecified atom stereocenters. The van der Waals surface area contributed by atoms with Gasteiger partial charge in [0.1, 0.15) is 11.4 Å². The second-order valence-electron chi connectivity index (χ2n) is 7.06. The topological polar surface area (TPSA) is 84.4 Å². The summed E-state index contributed by atoms with van der Waals surface area (Å²) in [6, 6.07) is 12.8. The van der Waals surface area contributed by atoms with Gasteiger partial charge in [-0.25, -0.2) is 14.8 Å². The van der Waals surface area contributed by atoms with Gasteiger partial charge in [-0.1, -0.05) is 0 Å². The molecule has 1 fully saturated rings. The number of hydrogen-bond acceptors (Lipinski definition) is 5. The van der Waals surface area contributed by atoms with E-state index in [1.165, 1.54) is 6.42 Å². The predicted molar refractivity (Wildman–Crippen MR) is 109 cm³/mol. The molecule has 7 heteroatoms. The summed E-state index contributed by atoms with van der Waals surface area (Å²) in [5, 5.41) is 2.98. The number of furan rings is 2. The molecular weight excluding hydrogens is 368 g/mol. The van der Waals surface area contributed by atoms with Gasteiger partial charge in [-0.05, 0) is 61.7 Å². The molecule has 0 aliphatic carbocycles. The van der Waals surface area contributed by atoms with Crippen molar-refractivity contribution in [3.8, 4) is 22.9 Å². The second-order valence-corrected chi connectivity index (χ2v) is 7.06. The lowest BCUT2D eigenvalue weighted by molar-refractivity contribution is 0.200. The zero-order chi connectivity index (χ0) is 19.6. The number of aromatic nitrogens is 2. The molecule has 146 valence electrons. The monoisotopic (exact) mass is 388 g/mol. The Balaban J connectivity index is 1.52. The maximum absolute atomic E-state index is 12.5. The van der Waals surface area contributed by atoms with E-state index in [2.05, 4.69) is 5.32 Å². The lowest BCUT2D eigenvalue weighted by Crippen LogP contribution is -2.38. The van der Waals surface area contributed by atoms with Crippen LogP contribution in [0, 0.1) is 0 Å². The largest absolute Gasteiger partial charge is 0.463 e. The van der Waals surface area contributed by atoms with Gasteiger partial charge in [0.25, 0.3) is 0 Å². The summed E-state index contributed by atoms with van der Waals surface area (Å²) in [5.41, 5.74) is 3.28. The highest BCUT2D eigenvalue weighted by Crippen LogP contribution is 2.32. The van der Waals surface area contributed by atoms with Crippen LogP contribution in [0.15, 0.2) is 63.8 Å². The molecule has 29 heavy (non-hydrogen) atoms. The average molecular weight is 388 g/mol. The summed E-state index contributed by atoms with van der Waals surface area (Å²) in [6.45, 7) is 1.60. The fourth-order valence-electron chi connectivity index (χ4n) is 3.60. The molecule has 7 nitrogen and oxygen atoms in total. The first-order chi connectivity index (χ1) is 14.3. The first-order valence-electron chi connectivity index (χ1n) is 9.73. The van der Waals surface area contributed by atoms with Gasteiger partial charge in [-0.2, -0.15) is 0 Å². The molecule has 0 saturated carbocycles. The number of carbonyl (C=O) groups excluding carboxylic acids is 1. The van der Waals surface area contributed by atoms with Crippen molar-refractivity contribution >= 4 is 22.8 Å². The minimum Gasteiger partial charge on any atom is -0.463 e. The third kappa shape index (κ3) is 3.47. The molecule has 1 N–H and O–H groups in total. The maximum atomic E-state index is 12.5. The number of carbonyl (C=O) groups is 1. The Kier molecular flexibility index (Phi) is 4.48. The number of hydrogen-bond donors (Lipinski definition) is 1. The summed E-state index contributed by atoms with van der Waals surface area (Å²) in [6.07, 6.45) is 6.50. The number of piperidine rings is 1. The lowest BCUT2D eigenvalue weighted by atomic mass is 10.1. The van der Waals surface area contributed by atoms with Crippen molar-refractivity contribution in [1.82, 2.24) is 14.9 Å². The standard InChI is InChI=1S/C22H20N4O3/c27-22(26-10-2-1-3-11-26)23-15-8-9-16-17(14-15)25-21(19-7-5-13-29-19)20(24-16)18-6-4-12-28-18/h4-9,12-14H,1-3,10-11H2,(H,23,27). The SMILES string of the molecule is O=C(Nc1ccc2nc(-c3ccco3)c(-c3ccco3)nc2c1)N1CCCCC1. The maximum Gasteiger partial charge on any atom is 0.321 e. The van der Waals surface area contributed by atoms with E-state index < -0.39 is 0 Å². The minimum absolute atomic E-state index is 0.0736. The van der Waals surface area contributed by atoms with Crippen LogP contribution in [0.5, 0.6) is 0 Å². The van der Waals surface area contributed by atoms with Crippen LogP contribution in [-0.2, 0) is 0 Å². The zero-order valence-corrected chi connectivity index (χ0v) is 15.8. The van der Waals surface area contributed by atoms with E-state index in [0.29, 0.717) is 39.6 Å². The summed E-state index contributed by atoms with van der Waals surface area (Å²) in [4.78, 5) is 23.9. The van der Waals surface area contributed by atoms with Crippen molar-refractivity contribution in [2.75, 3.05) is 18.4 Å². The fraction of sp³-hybridized carbons (Fsp3) is 0.227. The van der Waals surface area contributed by atoms with Crippen molar-refractivity contribution in [2.24, 2.45) is 0 Å². The van der Waals surface area contributed by atoms with Crippen LogP contribution in [-0.4, -0.2) is 34.0 Å². The van der Waals surface area contributed by atoms with E-state index in [1.54, 1.807) is 12.5 Å². The molecule has 0 atom stereocenters. The molecule has 0 bridgehead atoms.